The molecule has 2 rings (SSSR count). The molecule has 0 saturated heterocycles. The minimum absolute atomic E-state index is 0.155. The monoisotopic (exact) mass is 280 g/mol. The minimum atomic E-state index is -0.510. The van der Waals surface area contributed by atoms with Crippen LogP contribution in [0.4, 0.5) is 0 Å². The van der Waals surface area contributed by atoms with Gasteiger partial charge in [-0.2, -0.15) is 0 Å². The highest BCUT2D eigenvalue weighted by Gasteiger charge is 2.30. The molecule has 1 aliphatic heterocycles. The first-order valence-corrected chi connectivity index (χ1v) is 6.80. The molecular weight excluding hydrogens is 260 g/mol. The van der Waals surface area contributed by atoms with Gasteiger partial charge in [0.05, 0.1) is 13.2 Å². The van der Waals surface area contributed by atoms with E-state index in [-0.39, 0.29) is 29.3 Å². The number of benzene rings is 1. The van der Waals surface area contributed by atoms with Crippen molar-refractivity contribution in [3.05, 3.63) is 23.3 Å². The van der Waals surface area contributed by atoms with Gasteiger partial charge in [-0.15, -0.1) is 0 Å². The summed E-state index contributed by atoms with van der Waals surface area (Å²) in [5.41, 5.74) is 0.984. The highest BCUT2D eigenvalue weighted by Crippen LogP contribution is 2.36. The zero-order chi connectivity index (χ0) is 14.7. The summed E-state index contributed by atoms with van der Waals surface area (Å²) in [7, 11) is 1.44. The molecule has 0 aliphatic carbocycles. The summed E-state index contributed by atoms with van der Waals surface area (Å²) in [6, 6.07) is 3.44. The minimum Gasteiger partial charge on any atom is -0.504 e. The first-order valence-electron chi connectivity index (χ1n) is 6.80. The molecule has 0 bridgehead atoms. The largest absolute Gasteiger partial charge is 0.504 e. The smallest absolute Gasteiger partial charge is 0.342 e. The van der Waals surface area contributed by atoms with Gasteiger partial charge in [0.1, 0.15) is 11.7 Å². The molecule has 0 radical (unpaired) electrons. The number of fused-ring (bicyclic) bond motifs is 1. The Labute approximate surface area is 118 Å². The van der Waals surface area contributed by atoms with Gasteiger partial charge in [-0.05, 0) is 37.8 Å². The second kappa shape index (κ2) is 6.13. The Balaban J connectivity index is 2.11. The summed E-state index contributed by atoms with van der Waals surface area (Å²) in [5, 5.41) is 19.2. The SMILES string of the molecule is COc1ccc2c(c1O)C(=O)O[C@H](CCC[C@@H](C)O)C2. The summed E-state index contributed by atoms with van der Waals surface area (Å²) < 4.78 is 10.3. The van der Waals surface area contributed by atoms with Crippen LogP contribution in [0.1, 0.15) is 42.1 Å². The maximum atomic E-state index is 12.0. The molecule has 5 heteroatoms. The predicted molar refractivity (Wildman–Crippen MR) is 73.1 cm³/mol. The van der Waals surface area contributed by atoms with Crippen molar-refractivity contribution in [2.75, 3.05) is 7.11 Å². The molecule has 1 aromatic rings. The molecule has 1 aromatic carbocycles. The molecule has 0 saturated carbocycles. The molecular formula is C15H20O5. The molecule has 20 heavy (non-hydrogen) atoms. The van der Waals surface area contributed by atoms with E-state index in [2.05, 4.69) is 0 Å². The van der Waals surface area contributed by atoms with Crippen LogP contribution in [0, 0.1) is 0 Å². The Kier molecular flexibility index (Phi) is 4.49. The zero-order valence-electron chi connectivity index (χ0n) is 11.8. The molecule has 0 aromatic heterocycles. The molecule has 110 valence electrons. The van der Waals surface area contributed by atoms with Crippen LogP contribution >= 0.6 is 0 Å². The van der Waals surface area contributed by atoms with Crippen LogP contribution < -0.4 is 4.74 Å². The fourth-order valence-corrected chi connectivity index (χ4v) is 2.48. The summed E-state index contributed by atoms with van der Waals surface area (Å²) in [6.45, 7) is 1.74. The first kappa shape index (κ1) is 14.7. The van der Waals surface area contributed by atoms with Gasteiger partial charge in [0.15, 0.2) is 11.5 Å². The lowest BCUT2D eigenvalue weighted by Gasteiger charge is -2.25. The zero-order valence-corrected chi connectivity index (χ0v) is 11.8. The van der Waals surface area contributed by atoms with Gasteiger partial charge < -0.3 is 19.7 Å². The number of aromatic hydroxyl groups is 1. The van der Waals surface area contributed by atoms with Crippen LogP contribution in [0.25, 0.3) is 0 Å². The van der Waals surface area contributed by atoms with Crippen LogP contribution in [0.3, 0.4) is 0 Å². The van der Waals surface area contributed by atoms with E-state index >= 15 is 0 Å². The molecule has 2 N–H and O–H groups in total. The second-order valence-electron chi connectivity index (χ2n) is 5.16. The fourth-order valence-electron chi connectivity index (χ4n) is 2.48. The number of ether oxygens (including phenoxy) is 2. The van der Waals surface area contributed by atoms with E-state index in [0.29, 0.717) is 19.3 Å². The van der Waals surface area contributed by atoms with Crippen molar-refractivity contribution >= 4 is 5.97 Å². The topological polar surface area (TPSA) is 76.0 Å². The molecule has 1 heterocycles. The Morgan fingerprint density at radius 1 is 1.50 bits per heavy atom. The molecule has 2 atom stereocenters. The summed E-state index contributed by atoms with van der Waals surface area (Å²) >= 11 is 0. The van der Waals surface area contributed by atoms with Gasteiger partial charge in [0.25, 0.3) is 0 Å². The van der Waals surface area contributed by atoms with Crippen LogP contribution in [-0.2, 0) is 11.2 Å². The third-order valence-electron chi connectivity index (χ3n) is 3.52. The van der Waals surface area contributed by atoms with Crippen LogP contribution in [0.15, 0.2) is 12.1 Å². The number of phenols is 1. The Bertz CT molecular complexity index is 495. The van der Waals surface area contributed by atoms with E-state index in [1.807, 2.05) is 0 Å². The van der Waals surface area contributed by atoms with Crippen LogP contribution in [0.2, 0.25) is 0 Å². The summed E-state index contributed by atoms with van der Waals surface area (Å²) in [4.78, 5) is 12.0. The number of hydrogen-bond acceptors (Lipinski definition) is 5. The van der Waals surface area contributed by atoms with E-state index in [1.165, 1.54) is 7.11 Å². The van der Waals surface area contributed by atoms with Crippen molar-refractivity contribution in [3.8, 4) is 11.5 Å². The first-order chi connectivity index (χ1) is 9.52. The highest BCUT2D eigenvalue weighted by molar-refractivity contribution is 5.96. The van der Waals surface area contributed by atoms with Crippen molar-refractivity contribution in [1.82, 2.24) is 0 Å². The average molecular weight is 280 g/mol. The lowest BCUT2D eigenvalue weighted by atomic mass is 9.94. The van der Waals surface area contributed by atoms with Crippen molar-refractivity contribution in [3.63, 3.8) is 0 Å². The van der Waals surface area contributed by atoms with E-state index < -0.39 is 5.97 Å². The number of cyclic esters (lactones) is 1. The Hall–Kier alpha value is -1.75. The highest BCUT2D eigenvalue weighted by atomic mass is 16.5. The second-order valence-corrected chi connectivity index (χ2v) is 5.16. The molecule has 0 fully saturated rings. The maximum Gasteiger partial charge on any atom is 0.342 e. The number of phenolic OH excluding ortho intramolecular Hbond substituents is 1. The quantitative estimate of drug-likeness (QED) is 0.807. The molecule has 0 spiro atoms. The molecule has 0 unspecified atom stereocenters. The van der Waals surface area contributed by atoms with Crippen molar-refractivity contribution < 1.29 is 24.5 Å². The number of carbonyl (C=O) groups is 1. The van der Waals surface area contributed by atoms with E-state index in [1.54, 1.807) is 19.1 Å². The van der Waals surface area contributed by atoms with E-state index in [4.69, 9.17) is 9.47 Å². The van der Waals surface area contributed by atoms with Gasteiger partial charge in [0, 0.05) is 6.42 Å². The third kappa shape index (κ3) is 3.04. The van der Waals surface area contributed by atoms with Crippen molar-refractivity contribution in [1.29, 1.82) is 0 Å². The number of aliphatic hydroxyl groups excluding tert-OH is 1. The Morgan fingerprint density at radius 2 is 2.25 bits per heavy atom. The van der Waals surface area contributed by atoms with Gasteiger partial charge >= 0.3 is 5.97 Å². The normalized spacial score (nSPS) is 19.1. The third-order valence-corrected chi connectivity index (χ3v) is 3.52. The van der Waals surface area contributed by atoms with Crippen molar-refractivity contribution in [2.24, 2.45) is 0 Å². The number of hydrogen-bond donors (Lipinski definition) is 2. The van der Waals surface area contributed by atoms with Gasteiger partial charge in [-0.1, -0.05) is 6.07 Å². The average Bonchev–Trinajstić information content (AvgIpc) is 2.38. The number of methoxy groups -OCH3 is 1. The molecule has 5 nitrogen and oxygen atoms in total. The lowest BCUT2D eigenvalue weighted by Crippen LogP contribution is -2.28. The van der Waals surface area contributed by atoms with Crippen LogP contribution in [0.5, 0.6) is 11.5 Å². The molecule has 0 amide bonds. The van der Waals surface area contributed by atoms with Gasteiger partial charge in [-0.3, -0.25) is 0 Å². The number of esters is 1. The number of carbonyl (C=O) groups excluding carboxylic acids is 1. The Morgan fingerprint density at radius 3 is 2.90 bits per heavy atom. The van der Waals surface area contributed by atoms with E-state index in [0.717, 1.165) is 12.0 Å². The van der Waals surface area contributed by atoms with Gasteiger partial charge in [-0.25, -0.2) is 4.79 Å². The number of rotatable bonds is 5. The van der Waals surface area contributed by atoms with Gasteiger partial charge in [0.2, 0.25) is 0 Å². The number of aliphatic hydroxyl groups is 1. The standard InChI is InChI=1S/C15H20O5/c1-9(16)4-3-5-11-8-10-6-7-12(19-2)14(17)13(10)15(18)20-11/h6-7,9,11,16-17H,3-5,8H2,1-2H3/t9-,11-/m1/s1. The maximum absolute atomic E-state index is 12.0. The van der Waals surface area contributed by atoms with E-state index in [9.17, 15) is 15.0 Å². The summed E-state index contributed by atoms with van der Waals surface area (Å²) in [5.74, 6) is -0.393. The van der Waals surface area contributed by atoms with Crippen molar-refractivity contribution in [2.45, 2.75) is 44.8 Å². The van der Waals surface area contributed by atoms with Crippen LogP contribution in [-0.4, -0.2) is 35.5 Å². The predicted octanol–water partition coefficient (Wildman–Crippen LogP) is 2.03. The lowest BCUT2D eigenvalue weighted by molar-refractivity contribution is 0.0220. The molecule has 1 aliphatic rings. The fraction of sp³-hybridized carbons (Fsp3) is 0.533. The summed E-state index contributed by atoms with van der Waals surface area (Å²) in [6.07, 6.45) is 2.25.